The number of ether oxygens (including phenoxy) is 2. The van der Waals surface area contributed by atoms with Gasteiger partial charge in [0.25, 0.3) is 0 Å². The van der Waals surface area contributed by atoms with Gasteiger partial charge in [-0.15, -0.1) is 0 Å². The molecule has 2 aliphatic rings. The molecule has 0 spiro atoms. The summed E-state index contributed by atoms with van der Waals surface area (Å²) in [6, 6.07) is 7.09. The monoisotopic (exact) mass is 377 g/mol. The van der Waals surface area contributed by atoms with Crippen molar-refractivity contribution in [1.29, 1.82) is 0 Å². The van der Waals surface area contributed by atoms with Gasteiger partial charge in [-0.3, -0.25) is 4.99 Å². The number of guanidine groups is 1. The quantitative estimate of drug-likeness (QED) is 0.395. The van der Waals surface area contributed by atoms with E-state index in [1.165, 1.54) is 0 Å². The van der Waals surface area contributed by atoms with Crippen LogP contribution in [0.3, 0.4) is 0 Å². The van der Waals surface area contributed by atoms with Gasteiger partial charge < -0.3 is 20.1 Å². The molecule has 0 atom stereocenters. The van der Waals surface area contributed by atoms with E-state index in [2.05, 4.69) is 17.6 Å². The highest BCUT2D eigenvalue weighted by atomic mass is 19.1. The molecular formula is C21H32FN3O2. The predicted octanol–water partition coefficient (Wildman–Crippen LogP) is 3.00. The van der Waals surface area contributed by atoms with Gasteiger partial charge in [0.05, 0.1) is 12.6 Å². The van der Waals surface area contributed by atoms with E-state index in [1.807, 2.05) is 12.1 Å². The van der Waals surface area contributed by atoms with Crippen LogP contribution in [0.2, 0.25) is 0 Å². The number of benzene rings is 1. The van der Waals surface area contributed by atoms with Gasteiger partial charge in [-0.25, -0.2) is 4.39 Å². The molecule has 1 aliphatic heterocycles. The average molecular weight is 378 g/mol. The van der Waals surface area contributed by atoms with Crippen LogP contribution in [0.1, 0.15) is 44.6 Å². The van der Waals surface area contributed by atoms with E-state index in [-0.39, 0.29) is 11.2 Å². The summed E-state index contributed by atoms with van der Waals surface area (Å²) in [5, 5.41) is 6.64. The van der Waals surface area contributed by atoms with Crippen molar-refractivity contribution in [3.63, 3.8) is 0 Å². The van der Waals surface area contributed by atoms with Crippen molar-refractivity contribution in [2.45, 2.75) is 50.5 Å². The van der Waals surface area contributed by atoms with Crippen molar-refractivity contribution in [3.05, 3.63) is 35.6 Å². The molecule has 6 heteroatoms. The van der Waals surface area contributed by atoms with Crippen LogP contribution in [0.4, 0.5) is 4.39 Å². The summed E-state index contributed by atoms with van der Waals surface area (Å²) in [5.41, 5.74) is 0.675. The maximum absolute atomic E-state index is 14.1. The molecule has 5 nitrogen and oxygen atoms in total. The molecule has 1 aromatic rings. The van der Waals surface area contributed by atoms with Crippen LogP contribution in [0.5, 0.6) is 0 Å². The second kappa shape index (κ2) is 10.0. The molecule has 1 aliphatic carbocycles. The Bertz CT molecular complexity index is 613. The molecule has 1 saturated heterocycles. The third-order valence-electron chi connectivity index (χ3n) is 5.32. The van der Waals surface area contributed by atoms with Crippen molar-refractivity contribution in [2.75, 3.05) is 39.5 Å². The molecule has 1 aromatic carbocycles. The zero-order chi connectivity index (χ0) is 19.0. The Kier molecular flexibility index (Phi) is 7.47. The third kappa shape index (κ3) is 5.91. The second-order valence-electron chi connectivity index (χ2n) is 7.42. The Balaban J connectivity index is 1.43. The van der Waals surface area contributed by atoms with Gasteiger partial charge in [0, 0.05) is 38.3 Å². The van der Waals surface area contributed by atoms with Gasteiger partial charge in [-0.2, -0.15) is 0 Å². The molecule has 1 saturated carbocycles. The lowest BCUT2D eigenvalue weighted by atomic mass is 9.95. The normalized spacial score (nSPS) is 19.7. The average Bonchev–Trinajstić information content (AvgIpc) is 3.48. The largest absolute Gasteiger partial charge is 0.381 e. The molecule has 3 rings (SSSR count). The summed E-state index contributed by atoms with van der Waals surface area (Å²) in [7, 11) is 0. The van der Waals surface area contributed by atoms with Crippen LogP contribution in [0.25, 0.3) is 0 Å². The number of halogens is 1. The number of hydrogen-bond donors (Lipinski definition) is 2. The van der Waals surface area contributed by atoms with Crippen LogP contribution in [-0.2, 0) is 14.9 Å². The van der Waals surface area contributed by atoms with Gasteiger partial charge in [-0.05, 0) is 50.7 Å². The van der Waals surface area contributed by atoms with Gasteiger partial charge in [0.15, 0.2) is 5.96 Å². The zero-order valence-electron chi connectivity index (χ0n) is 16.3. The van der Waals surface area contributed by atoms with Crippen molar-refractivity contribution < 1.29 is 13.9 Å². The first-order chi connectivity index (χ1) is 13.2. The van der Waals surface area contributed by atoms with E-state index < -0.39 is 0 Å². The first-order valence-electron chi connectivity index (χ1n) is 10.2. The first kappa shape index (κ1) is 20.1. The smallest absolute Gasteiger partial charge is 0.191 e. The predicted molar refractivity (Wildman–Crippen MR) is 106 cm³/mol. The Labute approximate surface area is 161 Å². The highest BCUT2D eigenvalue weighted by molar-refractivity contribution is 5.79. The fraction of sp³-hybridized carbons (Fsp3) is 0.667. The summed E-state index contributed by atoms with van der Waals surface area (Å²) in [6.45, 7) is 6.64. The molecule has 2 N–H and O–H groups in total. The van der Waals surface area contributed by atoms with Crippen LogP contribution < -0.4 is 10.6 Å². The molecule has 0 unspecified atom stereocenters. The molecule has 27 heavy (non-hydrogen) atoms. The van der Waals surface area contributed by atoms with E-state index in [1.54, 1.807) is 12.1 Å². The number of rotatable bonds is 9. The first-order valence-corrected chi connectivity index (χ1v) is 10.2. The van der Waals surface area contributed by atoms with Crippen molar-refractivity contribution in [1.82, 2.24) is 10.6 Å². The minimum Gasteiger partial charge on any atom is -0.381 e. The van der Waals surface area contributed by atoms with Crippen LogP contribution in [0, 0.1) is 5.82 Å². The summed E-state index contributed by atoms with van der Waals surface area (Å²) in [5.74, 6) is 0.680. The molecule has 0 radical (unpaired) electrons. The Morgan fingerprint density at radius 2 is 2.04 bits per heavy atom. The molecule has 0 amide bonds. The van der Waals surface area contributed by atoms with Crippen molar-refractivity contribution in [2.24, 2.45) is 4.99 Å². The summed E-state index contributed by atoms with van der Waals surface area (Å²) < 4.78 is 25.4. The number of hydrogen-bond acceptors (Lipinski definition) is 3. The minimum atomic E-state index is -0.125. The standard InChI is InChI=1S/C21H32FN3O2/c1-2-23-20(24-12-5-13-27-17-8-14-26-15-9-17)25-16-21(10-11-21)18-6-3-4-7-19(18)22/h3-4,6-7,17H,2,5,8-16H2,1H3,(H2,23,24,25). The lowest BCUT2D eigenvalue weighted by molar-refractivity contribution is -0.0320. The van der Waals surface area contributed by atoms with Gasteiger partial charge in [0.1, 0.15) is 5.82 Å². The van der Waals surface area contributed by atoms with E-state index >= 15 is 0 Å². The van der Waals surface area contributed by atoms with E-state index in [0.717, 1.165) is 76.5 Å². The molecule has 150 valence electrons. The molecule has 2 fully saturated rings. The second-order valence-corrected chi connectivity index (χ2v) is 7.42. The van der Waals surface area contributed by atoms with Crippen molar-refractivity contribution >= 4 is 5.96 Å². The molecular weight excluding hydrogens is 345 g/mol. The lowest BCUT2D eigenvalue weighted by Gasteiger charge is -2.22. The summed E-state index contributed by atoms with van der Waals surface area (Å²) >= 11 is 0. The molecule has 0 aromatic heterocycles. The Morgan fingerprint density at radius 3 is 2.74 bits per heavy atom. The summed E-state index contributed by atoms with van der Waals surface area (Å²) in [4.78, 5) is 4.72. The van der Waals surface area contributed by atoms with Crippen LogP contribution in [-0.4, -0.2) is 51.5 Å². The molecule has 0 bridgehead atoms. The maximum atomic E-state index is 14.1. The fourth-order valence-corrected chi connectivity index (χ4v) is 3.50. The zero-order valence-corrected chi connectivity index (χ0v) is 16.3. The van der Waals surface area contributed by atoms with Gasteiger partial charge in [-0.1, -0.05) is 18.2 Å². The topological polar surface area (TPSA) is 54.9 Å². The number of nitrogens with zero attached hydrogens (tertiary/aromatic N) is 1. The van der Waals surface area contributed by atoms with Crippen LogP contribution in [0.15, 0.2) is 29.3 Å². The minimum absolute atomic E-state index is 0.117. The Hall–Kier alpha value is -1.66. The maximum Gasteiger partial charge on any atom is 0.191 e. The summed E-state index contributed by atoms with van der Waals surface area (Å²) in [6.07, 6.45) is 5.26. The van der Waals surface area contributed by atoms with E-state index in [9.17, 15) is 4.39 Å². The van der Waals surface area contributed by atoms with E-state index in [4.69, 9.17) is 14.5 Å². The van der Waals surface area contributed by atoms with Gasteiger partial charge in [0.2, 0.25) is 0 Å². The van der Waals surface area contributed by atoms with Crippen molar-refractivity contribution in [3.8, 4) is 0 Å². The lowest BCUT2D eigenvalue weighted by Crippen LogP contribution is -2.39. The SMILES string of the molecule is CCNC(=NCC1(c2ccccc2F)CC1)NCCCOC1CCOCC1. The number of aliphatic imine (C=N–C) groups is 1. The third-order valence-corrected chi connectivity index (χ3v) is 5.32. The molecule has 1 heterocycles. The number of nitrogens with one attached hydrogen (secondary N) is 2. The highest BCUT2D eigenvalue weighted by Gasteiger charge is 2.45. The fourth-order valence-electron chi connectivity index (χ4n) is 3.50. The van der Waals surface area contributed by atoms with Crippen LogP contribution >= 0.6 is 0 Å². The highest BCUT2D eigenvalue weighted by Crippen LogP contribution is 2.49. The Morgan fingerprint density at radius 1 is 1.26 bits per heavy atom. The van der Waals surface area contributed by atoms with E-state index in [0.29, 0.717) is 12.6 Å². The van der Waals surface area contributed by atoms with Gasteiger partial charge >= 0.3 is 0 Å².